The van der Waals surface area contributed by atoms with E-state index in [4.69, 9.17) is 5.73 Å². The third-order valence-electron chi connectivity index (χ3n) is 4.97. The molecule has 0 radical (unpaired) electrons. The number of aromatic nitrogens is 2. The zero-order valence-corrected chi connectivity index (χ0v) is 12.2. The van der Waals surface area contributed by atoms with Gasteiger partial charge in [0.05, 0.1) is 5.92 Å². The molecule has 0 spiro atoms. The first-order chi connectivity index (χ1) is 9.66. The minimum absolute atomic E-state index is 0.0725. The van der Waals surface area contributed by atoms with E-state index in [1.54, 1.807) is 0 Å². The molecule has 1 saturated carbocycles. The summed E-state index contributed by atoms with van der Waals surface area (Å²) in [5, 5.41) is 4.24. The predicted molar refractivity (Wildman–Crippen MR) is 77.1 cm³/mol. The zero-order valence-electron chi connectivity index (χ0n) is 12.2. The van der Waals surface area contributed by atoms with Gasteiger partial charge in [0, 0.05) is 44.0 Å². The van der Waals surface area contributed by atoms with Gasteiger partial charge in [0.25, 0.3) is 0 Å². The molecule has 1 amide bonds. The second-order valence-electron chi connectivity index (χ2n) is 6.18. The molecular weight excluding hydrogens is 252 g/mol. The summed E-state index contributed by atoms with van der Waals surface area (Å²) in [4.78, 5) is 14.5. The van der Waals surface area contributed by atoms with Crippen molar-refractivity contribution in [2.24, 2.45) is 18.7 Å². The fourth-order valence-corrected chi connectivity index (χ4v) is 3.71. The van der Waals surface area contributed by atoms with Crippen molar-refractivity contribution < 1.29 is 4.79 Å². The first-order valence-corrected chi connectivity index (χ1v) is 7.69. The fraction of sp³-hybridized carbons (Fsp3) is 0.733. The van der Waals surface area contributed by atoms with Crippen molar-refractivity contribution in [1.29, 1.82) is 0 Å². The Morgan fingerprint density at radius 1 is 1.30 bits per heavy atom. The van der Waals surface area contributed by atoms with Crippen molar-refractivity contribution >= 4 is 5.91 Å². The van der Waals surface area contributed by atoms with Crippen LogP contribution in [0.25, 0.3) is 0 Å². The number of amides is 1. The number of aryl methyl sites for hydroxylation is 1. The lowest BCUT2D eigenvalue weighted by Crippen LogP contribution is -2.45. The largest absolute Gasteiger partial charge is 0.342 e. The Hall–Kier alpha value is -1.36. The summed E-state index contributed by atoms with van der Waals surface area (Å²) in [6, 6.07) is 2.17. The molecule has 1 aromatic heterocycles. The monoisotopic (exact) mass is 276 g/mol. The van der Waals surface area contributed by atoms with Crippen LogP contribution in [-0.4, -0.2) is 39.7 Å². The van der Waals surface area contributed by atoms with Gasteiger partial charge in [-0.05, 0) is 31.7 Å². The Balaban J connectivity index is 1.58. The average molecular weight is 276 g/mol. The van der Waals surface area contributed by atoms with E-state index in [2.05, 4.69) is 11.2 Å². The molecule has 5 nitrogen and oxygen atoms in total. The molecule has 1 aromatic rings. The van der Waals surface area contributed by atoms with E-state index in [-0.39, 0.29) is 12.0 Å². The Morgan fingerprint density at radius 2 is 2.05 bits per heavy atom. The Morgan fingerprint density at radius 3 is 2.60 bits per heavy atom. The van der Waals surface area contributed by atoms with Crippen LogP contribution in [0.3, 0.4) is 0 Å². The van der Waals surface area contributed by atoms with Crippen LogP contribution in [0, 0.1) is 5.92 Å². The number of nitrogens with zero attached hydrogens (tertiary/aromatic N) is 3. The molecule has 2 aliphatic rings. The summed E-state index contributed by atoms with van der Waals surface area (Å²) in [6.07, 6.45) is 7.00. The highest BCUT2D eigenvalue weighted by molar-refractivity contribution is 5.80. The Bertz CT molecular complexity index is 476. The first-order valence-electron chi connectivity index (χ1n) is 7.69. The van der Waals surface area contributed by atoms with Gasteiger partial charge in [-0.25, -0.2) is 0 Å². The van der Waals surface area contributed by atoms with Crippen LogP contribution in [-0.2, 0) is 11.8 Å². The van der Waals surface area contributed by atoms with Crippen molar-refractivity contribution in [3.63, 3.8) is 0 Å². The van der Waals surface area contributed by atoms with Gasteiger partial charge in [0.1, 0.15) is 0 Å². The Labute approximate surface area is 120 Å². The third-order valence-corrected chi connectivity index (χ3v) is 4.97. The fourth-order valence-electron chi connectivity index (χ4n) is 3.71. The van der Waals surface area contributed by atoms with E-state index in [1.807, 2.05) is 22.8 Å². The van der Waals surface area contributed by atoms with Gasteiger partial charge < -0.3 is 10.6 Å². The number of rotatable bonds is 2. The van der Waals surface area contributed by atoms with Gasteiger partial charge in [0.2, 0.25) is 5.91 Å². The molecule has 2 N–H and O–H groups in total. The SMILES string of the molecule is Cn1nccc1C1CCN(C(=O)[C@H]2CCC[C@@H]2N)CC1. The number of hydrogen-bond acceptors (Lipinski definition) is 3. The minimum Gasteiger partial charge on any atom is -0.342 e. The van der Waals surface area contributed by atoms with Crippen molar-refractivity contribution in [1.82, 2.24) is 14.7 Å². The van der Waals surface area contributed by atoms with Gasteiger partial charge in [-0.2, -0.15) is 5.10 Å². The van der Waals surface area contributed by atoms with Gasteiger partial charge in [-0.3, -0.25) is 9.48 Å². The number of hydrogen-bond donors (Lipinski definition) is 1. The summed E-state index contributed by atoms with van der Waals surface area (Å²) >= 11 is 0. The van der Waals surface area contributed by atoms with Gasteiger partial charge in [-0.1, -0.05) is 6.42 Å². The lowest BCUT2D eigenvalue weighted by atomic mass is 9.92. The van der Waals surface area contributed by atoms with Gasteiger partial charge in [-0.15, -0.1) is 0 Å². The third kappa shape index (κ3) is 2.46. The molecule has 1 aliphatic heterocycles. The van der Waals surface area contributed by atoms with E-state index < -0.39 is 0 Å². The molecule has 0 unspecified atom stereocenters. The van der Waals surface area contributed by atoms with Crippen LogP contribution in [0.5, 0.6) is 0 Å². The summed E-state index contributed by atoms with van der Waals surface area (Å²) in [7, 11) is 1.99. The maximum absolute atomic E-state index is 12.5. The minimum atomic E-state index is 0.0725. The van der Waals surface area contributed by atoms with Crippen molar-refractivity contribution in [3.8, 4) is 0 Å². The second-order valence-corrected chi connectivity index (χ2v) is 6.18. The smallest absolute Gasteiger partial charge is 0.227 e. The predicted octanol–water partition coefficient (Wildman–Crippen LogP) is 1.25. The maximum Gasteiger partial charge on any atom is 0.227 e. The van der Waals surface area contributed by atoms with Crippen LogP contribution < -0.4 is 5.73 Å². The molecule has 2 fully saturated rings. The average Bonchev–Trinajstić information content (AvgIpc) is 3.07. The molecule has 0 bridgehead atoms. The van der Waals surface area contributed by atoms with Crippen molar-refractivity contribution in [2.75, 3.05) is 13.1 Å². The van der Waals surface area contributed by atoms with Gasteiger partial charge >= 0.3 is 0 Å². The number of carbonyl (C=O) groups excluding carboxylic acids is 1. The summed E-state index contributed by atoms with van der Waals surface area (Å²) < 4.78 is 1.95. The number of carbonyl (C=O) groups is 1. The normalized spacial score (nSPS) is 28.0. The van der Waals surface area contributed by atoms with Crippen LogP contribution in [0.1, 0.15) is 43.7 Å². The number of piperidine rings is 1. The summed E-state index contributed by atoms with van der Waals surface area (Å²) in [5.74, 6) is 0.894. The molecule has 1 saturated heterocycles. The van der Waals surface area contributed by atoms with Crippen molar-refractivity contribution in [3.05, 3.63) is 18.0 Å². The molecule has 5 heteroatoms. The van der Waals surface area contributed by atoms with Crippen LogP contribution in [0.4, 0.5) is 0 Å². The highest BCUT2D eigenvalue weighted by atomic mass is 16.2. The summed E-state index contributed by atoms with van der Waals surface area (Å²) in [6.45, 7) is 1.72. The maximum atomic E-state index is 12.5. The molecular formula is C15H24N4O. The molecule has 2 atom stereocenters. The number of likely N-dealkylation sites (tertiary alicyclic amines) is 1. The van der Waals surface area contributed by atoms with E-state index >= 15 is 0 Å². The van der Waals surface area contributed by atoms with Crippen molar-refractivity contribution in [2.45, 2.75) is 44.1 Å². The zero-order chi connectivity index (χ0) is 14.1. The molecule has 1 aliphatic carbocycles. The quantitative estimate of drug-likeness (QED) is 0.884. The summed E-state index contributed by atoms with van der Waals surface area (Å²) in [5.41, 5.74) is 7.34. The molecule has 110 valence electrons. The van der Waals surface area contributed by atoms with E-state index in [9.17, 15) is 4.79 Å². The molecule has 0 aromatic carbocycles. The Kier molecular flexibility index (Phi) is 3.78. The molecule has 2 heterocycles. The van der Waals surface area contributed by atoms with Crippen LogP contribution in [0.15, 0.2) is 12.3 Å². The number of nitrogens with two attached hydrogens (primary N) is 1. The first kappa shape index (κ1) is 13.6. The lowest BCUT2D eigenvalue weighted by Gasteiger charge is -2.34. The molecule has 20 heavy (non-hydrogen) atoms. The lowest BCUT2D eigenvalue weighted by molar-refractivity contribution is -0.136. The van der Waals surface area contributed by atoms with Crippen LogP contribution >= 0.6 is 0 Å². The van der Waals surface area contributed by atoms with E-state index in [0.29, 0.717) is 11.8 Å². The van der Waals surface area contributed by atoms with Gasteiger partial charge in [0.15, 0.2) is 0 Å². The van der Waals surface area contributed by atoms with Crippen LogP contribution in [0.2, 0.25) is 0 Å². The highest BCUT2D eigenvalue weighted by Gasteiger charge is 2.35. The standard InChI is InChI=1S/C15H24N4O/c1-18-14(5-8-17-18)11-6-9-19(10-7-11)15(20)12-3-2-4-13(12)16/h5,8,11-13H,2-4,6-7,9-10,16H2,1H3/t12-,13-/m0/s1. The highest BCUT2D eigenvalue weighted by Crippen LogP contribution is 2.31. The van der Waals surface area contributed by atoms with E-state index in [0.717, 1.165) is 45.2 Å². The second kappa shape index (κ2) is 5.56. The topological polar surface area (TPSA) is 64.2 Å². The molecule has 3 rings (SSSR count). The van der Waals surface area contributed by atoms with E-state index in [1.165, 1.54) is 5.69 Å².